The number of aliphatic hydroxyl groups excluding tert-OH is 3. The summed E-state index contributed by atoms with van der Waals surface area (Å²) in [6, 6.07) is -1.63. The second-order valence-electron chi connectivity index (χ2n) is 4.88. The summed E-state index contributed by atoms with van der Waals surface area (Å²) in [7, 11) is 0. The Kier molecular flexibility index (Phi) is 5.20. The van der Waals surface area contributed by atoms with Gasteiger partial charge in [0.1, 0.15) is 18.3 Å². The Bertz CT molecular complexity index is 421. The average Bonchev–Trinajstić information content (AvgIpc) is 2.37. The van der Waals surface area contributed by atoms with Gasteiger partial charge in [-0.05, 0) is 6.92 Å². The maximum absolute atomic E-state index is 14.1. The molecule has 1 amide bonds. The minimum Gasteiger partial charge on any atom is -0.477 e. The number of nitrogens with one attached hydrogen (secondary N) is 1. The van der Waals surface area contributed by atoms with E-state index in [1.54, 1.807) is 0 Å². The molecule has 8 nitrogen and oxygen atoms in total. The van der Waals surface area contributed by atoms with Gasteiger partial charge in [0.25, 0.3) is 0 Å². The van der Waals surface area contributed by atoms with Crippen molar-refractivity contribution in [2.45, 2.75) is 56.3 Å². The molecule has 1 aliphatic heterocycles. The van der Waals surface area contributed by atoms with Gasteiger partial charge in [0.2, 0.25) is 5.91 Å². The first kappa shape index (κ1) is 17.7. The zero-order valence-corrected chi connectivity index (χ0v) is 11.2. The van der Waals surface area contributed by atoms with E-state index in [2.05, 4.69) is 4.74 Å². The van der Waals surface area contributed by atoms with Crippen LogP contribution < -0.4 is 5.32 Å². The van der Waals surface area contributed by atoms with E-state index in [0.717, 1.165) is 13.8 Å². The first-order valence-corrected chi connectivity index (χ1v) is 6.07. The van der Waals surface area contributed by atoms with Crippen LogP contribution in [-0.4, -0.2) is 74.8 Å². The molecule has 5 N–H and O–H groups in total. The molecule has 1 aliphatic rings. The predicted molar refractivity (Wildman–Crippen MR) is 62.5 cm³/mol. The molecule has 1 rings (SSSR count). The summed E-state index contributed by atoms with van der Waals surface area (Å²) in [6.45, 7) is 2.10. The Morgan fingerprint density at radius 3 is 2.29 bits per heavy atom. The number of hydrogen-bond acceptors (Lipinski definition) is 6. The van der Waals surface area contributed by atoms with Gasteiger partial charge in [-0.3, -0.25) is 4.79 Å². The van der Waals surface area contributed by atoms with Crippen LogP contribution in [0.3, 0.4) is 0 Å². The van der Waals surface area contributed by atoms with E-state index in [-0.39, 0.29) is 0 Å². The Morgan fingerprint density at radius 1 is 1.38 bits per heavy atom. The lowest BCUT2D eigenvalue weighted by Crippen LogP contribution is -2.70. The molecular weight excluding hydrogens is 296 g/mol. The van der Waals surface area contributed by atoms with Crippen LogP contribution in [0.1, 0.15) is 13.8 Å². The summed E-state index contributed by atoms with van der Waals surface area (Å²) >= 11 is 0. The monoisotopic (exact) mass is 313 g/mol. The van der Waals surface area contributed by atoms with E-state index >= 15 is 0 Å². The van der Waals surface area contributed by atoms with Gasteiger partial charge >= 0.3 is 11.8 Å². The summed E-state index contributed by atoms with van der Waals surface area (Å²) in [5.41, 5.74) is 0. The standard InChI is InChI=1S/C11H17F2NO7/c1-3(15)6(17)8-5(14-4(2)16)7(18)9(12)11(13,21-8)10(19)20/h3,5-9,15,17-18H,1-2H3,(H,14,16)(H,19,20). The molecule has 1 fully saturated rings. The fraction of sp³-hybridized carbons (Fsp3) is 0.818. The molecule has 10 heteroatoms. The summed E-state index contributed by atoms with van der Waals surface area (Å²) in [6.07, 6.45) is -10.5. The number of carbonyl (C=O) groups excluding carboxylic acids is 1. The SMILES string of the molecule is CC(=O)NC1C(O)C(F)C(F)(C(=O)O)OC1C(O)C(C)O. The highest BCUT2D eigenvalue weighted by atomic mass is 19.2. The Labute approximate surface area is 118 Å². The Hall–Kier alpha value is -1.36. The van der Waals surface area contributed by atoms with Crippen molar-refractivity contribution in [2.24, 2.45) is 0 Å². The van der Waals surface area contributed by atoms with E-state index in [1.165, 1.54) is 0 Å². The molecule has 7 unspecified atom stereocenters. The van der Waals surface area contributed by atoms with Gasteiger partial charge in [0.15, 0.2) is 6.17 Å². The van der Waals surface area contributed by atoms with Crippen LogP contribution in [0.25, 0.3) is 0 Å². The van der Waals surface area contributed by atoms with Crippen molar-refractivity contribution in [3.8, 4) is 0 Å². The van der Waals surface area contributed by atoms with Crippen molar-refractivity contribution in [3.63, 3.8) is 0 Å². The van der Waals surface area contributed by atoms with Gasteiger partial charge in [-0.15, -0.1) is 0 Å². The van der Waals surface area contributed by atoms with Crippen molar-refractivity contribution >= 4 is 11.9 Å². The highest BCUT2D eigenvalue weighted by Gasteiger charge is 2.62. The van der Waals surface area contributed by atoms with Gasteiger partial charge in [0, 0.05) is 6.92 Å². The lowest BCUT2D eigenvalue weighted by atomic mass is 9.88. The van der Waals surface area contributed by atoms with Gasteiger partial charge in [0.05, 0.1) is 12.1 Å². The number of ether oxygens (including phenoxy) is 1. The molecule has 0 bridgehead atoms. The molecule has 0 aromatic heterocycles. The lowest BCUT2D eigenvalue weighted by Gasteiger charge is -2.45. The summed E-state index contributed by atoms with van der Waals surface area (Å²) in [4.78, 5) is 21.9. The predicted octanol–water partition coefficient (Wildman–Crippen LogP) is -1.92. The number of aliphatic carboxylic acids is 1. The van der Waals surface area contributed by atoms with Crippen LogP contribution in [0.15, 0.2) is 0 Å². The largest absolute Gasteiger partial charge is 0.477 e. The number of halogens is 2. The van der Waals surface area contributed by atoms with E-state index < -0.39 is 54.4 Å². The van der Waals surface area contributed by atoms with Gasteiger partial charge in [-0.25, -0.2) is 9.18 Å². The molecule has 1 heterocycles. The first-order chi connectivity index (χ1) is 9.52. The van der Waals surface area contributed by atoms with Crippen LogP contribution in [0, 0.1) is 0 Å². The second-order valence-corrected chi connectivity index (χ2v) is 4.88. The molecule has 21 heavy (non-hydrogen) atoms. The van der Waals surface area contributed by atoms with Crippen molar-refractivity contribution in [1.29, 1.82) is 0 Å². The molecule has 0 aromatic rings. The highest BCUT2D eigenvalue weighted by molar-refractivity contribution is 5.77. The van der Waals surface area contributed by atoms with Gasteiger partial charge in [-0.1, -0.05) is 0 Å². The fourth-order valence-corrected chi connectivity index (χ4v) is 2.06. The minimum atomic E-state index is -3.91. The van der Waals surface area contributed by atoms with Crippen LogP contribution in [0.2, 0.25) is 0 Å². The zero-order valence-electron chi connectivity index (χ0n) is 11.2. The van der Waals surface area contributed by atoms with E-state index in [1.807, 2.05) is 5.32 Å². The molecule has 7 atom stereocenters. The number of rotatable bonds is 4. The summed E-state index contributed by atoms with van der Waals surface area (Å²) < 4.78 is 32.3. The molecule has 1 saturated heterocycles. The van der Waals surface area contributed by atoms with E-state index in [4.69, 9.17) is 5.11 Å². The number of alkyl halides is 2. The van der Waals surface area contributed by atoms with Crippen molar-refractivity contribution < 1.29 is 43.5 Å². The fourth-order valence-electron chi connectivity index (χ4n) is 2.06. The third-order valence-electron chi connectivity index (χ3n) is 3.18. The molecule has 0 spiro atoms. The van der Waals surface area contributed by atoms with Crippen molar-refractivity contribution in [1.82, 2.24) is 5.32 Å². The molecule has 0 radical (unpaired) electrons. The first-order valence-electron chi connectivity index (χ1n) is 6.07. The molecule has 0 aliphatic carbocycles. The maximum Gasteiger partial charge on any atom is 0.372 e. The zero-order chi connectivity index (χ0) is 16.5. The number of hydrogen-bond donors (Lipinski definition) is 5. The van der Waals surface area contributed by atoms with Crippen LogP contribution in [0.5, 0.6) is 0 Å². The third-order valence-corrected chi connectivity index (χ3v) is 3.18. The minimum absolute atomic E-state index is 0.751. The Balaban J connectivity index is 3.19. The number of carboxylic acid groups (broad SMARTS) is 1. The molecular formula is C11H17F2NO7. The lowest BCUT2D eigenvalue weighted by molar-refractivity contribution is -0.292. The second kappa shape index (κ2) is 6.18. The van der Waals surface area contributed by atoms with Crippen LogP contribution in [0.4, 0.5) is 8.78 Å². The molecule has 0 aromatic carbocycles. The van der Waals surface area contributed by atoms with E-state index in [9.17, 15) is 33.7 Å². The van der Waals surface area contributed by atoms with Crippen LogP contribution in [-0.2, 0) is 14.3 Å². The normalized spacial score (nSPS) is 39.4. The van der Waals surface area contributed by atoms with Crippen molar-refractivity contribution in [2.75, 3.05) is 0 Å². The third kappa shape index (κ3) is 3.28. The van der Waals surface area contributed by atoms with Gasteiger partial charge in [-0.2, -0.15) is 4.39 Å². The van der Waals surface area contributed by atoms with Crippen LogP contribution >= 0.6 is 0 Å². The number of amides is 1. The summed E-state index contributed by atoms with van der Waals surface area (Å²) in [5.74, 6) is -6.99. The van der Waals surface area contributed by atoms with E-state index in [0.29, 0.717) is 0 Å². The smallest absolute Gasteiger partial charge is 0.372 e. The van der Waals surface area contributed by atoms with Crippen molar-refractivity contribution in [3.05, 3.63) is 0 Å². The Morgan fingerprint density at radius 2 is 1.90 bits per heavy atom. The average molecular weight is 313 g/mol. The quantitative estimate of drug-likeness (QED) is 0.408. The topological polar surface area (TPSA) is 136 Å². The van der Waals surface area contributed by atoms with Gasteiger partial charge < -0.3 is 30.5 Å². The number of aliphatic hydroxyl groups is 3. The highest BCUT2D eigenvalue weighted by Crippen LogP contribution is 2.35. The molecule has 0 saturated carbocycles. The number of carboxylic acids is 1. The molecule has 122 valence electrons. The maximum atomic E-state index is 14.1. The summed E-state index contributed by atoms with van der Waals surface area (Å²) in [5, 5.41) is 39.5. The number of carbonyl (C=O) groups is 2.